The summed E-state index contributed by atoms with van der Waals surface area (Å²) in [7, 11) is 0. The van der Waals surface area contributed by atoms with Gasteiger partial charge in [-0.05, 0) is 48.7 Å². The summed E-state index contributed by atoms with van der Waals surface area (Å²) in [4.78, 5) is 27.6. The molecule has 23 heavy (non-hydrogen) atoms. The first-order chi connectivity index (χ1) is 11.2. The molecule has 1 amide bonds. The average Bonchev–Trinajstić information content (AvgIpc) is 2.59. The number of hydrogen-bond donors (Lipinski definition) is 1. The molecule has 0 spiro atoms. The van der Waals surface area contributed by atoms with Gasteiger partial charge in [-0.25, -0.2) is 4.79 Å². The van der Waals surface area contributed by atoms with Crippen LogP contribution < -0.4 is 5.32 Å². The van der Waals surface area contributed by atoms with Gasteiger partial charge in [0.25, 0.3) is 0 Å². The third kappa shape index (κ3) is 5.54. The number of ether oxygens (including phenoxy) is 1. The summed E-state index contributed by atoms with van der Waals surface area (Å²) in [5.41, 5.74) is 2.16. The lowest BCUT2D eigenvalue weighted by Crippen LogP contribution is -2.12. The molecule has 0 radical (unpaired) electrons. The Labute approximate surface area is 135 Å². The van der Waals surface area contributed by atoms with E-state index in [4.69, 9.17) is 4.74 Å². The van der Waals surface area contributed by atoms with E-state index in [9.17, 15) is 9.59 Å². The summed E-state index contributed by atoms with van der Waals surface area (Å²) in [6.45, 7) is 2.35. The van der Waals surface area contributed by atoms with Gasteiger partial charge in [-0.2, -0.15) is 0 Å². The predicted octanol–water partition coefficient (Wildman–Crippen LogP) is 3.22. The zero-order valence-corrected chi connectivity index (χ0v) is 13.1. The lowest BCUT2D eigenvalue weighted by molar-refractivity contribution is -0.116. The molecule has 120 valence electrons. The minimum Gasteiger partial charge on any atom is -0.462 e. The van der Waals surface area contributed by atoms with Crippen molar-refractivity contribution in [3.8, 4) is 0 Å². The van der Waals surface area contributed by atoms with Crippen LogP contribution >= 0.6 is 0 Å². The molecule has 1 aromatic carbocycles. The van der Waals surface area contributed by atoms with Crippen molar-refractivity contribution >= 4 is 17.6 Å². The molecule has 0 aliphatic rings. The molecule has 5 heteroatoms. The van der Waals surface area contributed by atoms with Gasteiger partial charge >= 0.3 is 5.97 Å². The fourth-order valence-corrected chi connectivity index (χ4v) is 2.00. The molecule has 0 bridgehead atoms. The monoisotopic (exact) mass is 312 g/mol. The number of nitrogens with one attached hydrogen (secondary N) is 1. The topological polar surface area (TPSA) is 68.3 Å². The molecule has 0 unspecified atom stereocenters. The van der Waals surface area contributed by atoms with Gasteiger partial charge in [0.1, 0.15) is 0 Å². The van der Waals surface area contributed by atoms with Gasteiger partial charge < -0.3 is 10.1 Å². The summed E-state index contributed by atoms with van der Waals surface area (Å²) >= 11 is 0. The van der Waals surface area contributed by atoms with Crippen molar-refractivity contribution in [3.63, 3.8) is 0 Å². The number of pyridine rings is 1. The molecule has 0 atom stereocenters. The van der Waals surface area contributed by atoms with Crippen molar-refractivity contribution in [1.29, 1.82) is 0 Å². The van der Waals surface area contributed by atoms with E-state index in [1.54, 1.807) is 36.7 Å². The number of nitrogens with zero attached hydrogens (tertiary/aromatic N) is 1. The van der Waals surface area contributed by atoms with Crippen LogP contribution in [-0.2, 0) is 16.0 Å². The van der Waals surface area contributed by atoms with E-state index in [2.05, 4.69) is 10.3 Å². The Morgan fingerprint density at radius 2 is 1.96 bits per heavy atom. The zero-order valence-electron chi connectivity index (χ0n) is 13.1. The molecule has 0 aliphatic heterocycles. The van der Waals surface area contributed by atoms with Gasteiger partial charge in [0.15, 0.2) is 0 Å². The van der Waals surface area contributed by atoms with Crippen molar-refractivity contribution in [2.45, 2.75) is 26.2 Å². The average molecular weight is 312 g/mol. The second-order valence-electron chi connectivity index (χ2n) is 5.12. The highest BCUT2D eigenvalue weighted by atomic mass is 16.5. The van der Waals surface area contributed by atoms with Crippen LogP contribution in [0.4, 0.5) is 5.69 Å². The van der Waals surface area contributed by atoms with Crippen molar-refractivity contribution in [3.05, 3.63) is 59.9 Å². The van der Waals surface area contributed by atoms with Crippen molar-refractivity contribution in [1.82, 2.24) is 4.98 Å². The van der Waals surface area contributed by atoms with Crippen molar-refractivity contribution < 1.29 is 14.3 Å². The van der Waals surface area contributed by atoms with E-state index >= 15 is 0 Å². The van der Waals surface area contributed by atoms with Crippen molar-refractivity contribution in [2.75, 3.05) is 11.9 Å². The Morgan fingerprint density at radius 3 is 2.61 bits per heavy atom. The lowest BCUT2D eigenvalue weighted by atomic mass is 10.1. The Bertz CT molecular complexity index is 639. The van der Waals surface area contributed by atoms with Crippen LogP contribution in [0, 0.1) is 0 Å². The second-order valence-corrected chi connectivity index (χ2v) is 5.12. The van der Waals surface area contributed by atoms with E-state index in [-0.39, 0.29) is 11.9 Å². The Morgan fingerprint density at radius 1 is 1.17 bits per heavy atom. The predicted molar refractivity (Wildman–Crippen MR) is 88.2 cm³/mol. The highest BCUT2D eigenvalue weighted by Crippen LogP contribution is 2.12. The van der Waals surface area contributed by atoms with E-state index in [1.807, 2.05) is 19.1 Å². The maximum absolute atomic E-state index is 11.9. The standard InChI is InChI=1S/C18H20N2O3/c1-2-12-23-18(22)15-6-8-16(9-7-15)20-17(21)10-5-14-4-3-11-19-13-14/h3-4,6-9,11,13H,2,5,10,12H2,1H3,(H,20,21). The molecule has 0 saturated carbocycles. The summed E-state index contributed by atoms with van der Waals surface area (Å²) in [6.07, 6.45) is 5.27. The van der Waals surface area contributed by atoms with E-state index in [1.165, 1.54) is 0 Å². The number of aryl methyl sites for hydroxylation is 1. The molecule has 5 nitrogen and oxygen atoms in total. The molecule has 1 N–H and O–H groups in total. The highest BCUT2D eigenvalue weighted by molar-refractivity contribution is 5.93. The van der Waals surface area contributed by atoms with Gasteiger partial charge in [0.05, 0.1) is 12.2 Å². The quantitative estimate of drug-likeness (QED) is 0.797. The number of benzene rings is 1. The SMILES string of the molecule is CCCOC(=O)c1ccc(NC(=O)CCc2cccnc2)cc1. The Kier molecular flexibility index (Phi) is 6.29. The first kappa shape index (κ1) is 16.7. The maximum Gasteiger partial charge on any atom is 0.338 e. The van der Waals surface area contributed by atoms with Crippen LogP contribution in [0.25, 0.3) is 0 Å². The highest BCUT2D eigenvalue weighted by Gasteiger charge is 2.07. The minimum absolute atomic E-state index is 0.0739. The van der Waals surface area contributed by atoms with Gasteiger partial charge in [-0.1, -0.05) is 13.0 Å². The van der Waals surface area contributed by atoms with E-state index in [0.29, 0.717) is 30.7 Å². The van der Waals surface area contributed by atoms with Crippen LogP contribution in [0.5, 0.6) is 0 Å². The number of amides is 1. The fourth-order valence-electron chi connectivity index (χ4n) is 2.00. The number of anilines is 1. The number of aromatic nitrogens is 1. The number of carbonyl (C=O) groups is 2. The molecular formula is C18H20N2O3. The molecule has 1 aromatic heterocycles. The molecule has 2 rings (SSSR count). The summed E-state index contributed by atoms with van der Waals surface area (Å²) < 4.78 is 5.05. The van der Waals surface area contributed by atoms with Crippen LogP contribution in [0.15, 0.2) is 48.8 Å². The summed E-state index contributed by atoms with van der Waals surface area (Å²) in [5.74, 6) is -0.420. The lowest BCUT2D eigenvalue weighted by Gasteiger charge is -2.07. The van der Waals surface area contributed by atoms with Gasteiger partial charge in [0.2, 0.25) is 5.91 Å². The number of hydrogen-bond acceptors (Lipinski definition) is 4. The van der Waals surface area contributed by atoms with Crippen LogP contribution in [-0.4, -0.2) is 23.5 Å². The van der Waals surface area contributed by atoms with Crippen LogP contribution in [0.1, 0.15) is 35.7 Å². The third-order valence-corrected chi connectivity index (χ3v) is 3.21. The first-order valence-corrected chi connectivity index (χ1v) is 7.65. The molecule has 0 saturated heterocycles. The number of rotatable bonds is 7. The molecular weight excluding hydrogens is 292 g/mol. The molecule has 1 heterocycles. The summed E-state index contributed by atoms with van der Waals surface area (Å²) in [5, 5.41) is 2.81. The molecule has 2 aromatic rings. The zero-order chi connectivity index (χ0) is 16.5. The largest absolute Gasteiger partial charge is 0.462 e. The van der Waals surface area contributed by atoms with E-state index < -0.39 is 0 Å². The Hall–Kier alpha value is -2.69. The molecule has 0 fully saturated rings. The van der Waals surface area contributed by atoms with Crippen molar-refractivity contribution in [2.24, 2.45) is 0 Å². The van der Waals surface area contributed by atoms with Gasteiger partial charge in [-0.15, -0.1) is 0 Å². The molecule has 0 aliphatic carbocycles. The normalized spacial score (nSPS) is 10.1. The second kappa shape index (κ2) is 8.68. The first-order valence-electron chi connectivity index (χ1n) is 7.65. The van der Waals surface area contributed by atoms with E-state index in [0.717, 1.165) is 12.0 Å². The van der Waals surface area contributed by atoms with Crippen LogP contribution in [0.2, 0.25) is 0 Å². The smallest absolute Gasteiger partial charge is 0.338 e. The van der Waals surface area contributed by atoms with Gasteiger partial charge in [-0.3, -0.25) is 9.78 Å². The summed E-state index contributed by atoms with van der Waals surface area (Å²) in [6, 6.07) is 10.5. The fraction of sp³-hybridized carbons (Fsp3) is 0.278. The number of carbonyl (C=O) groups excluding carboxylic acids is 2. The Balaban J connectivity index is 1.83. The van der Waals surface area contributed by atoms with Gasteiger partial charge in [0, 0.05) is 24.5 Å². The number of esters is 1. The van der Waals surface area contributed by atoms with Crippen LogP contribution in [0.3, 0.4) is 0 Å². The third-order valence-electron chi connectivity index (χ3n) is 3.21. The maximum atomic E-state index is 11.9. The minimum atomic E-state index is -0.346.